The summed E-state index contributed by atoms with van der Waals surface area (Å²) in [4.78, 5) is 27.0. The molecule has 3 aromatic rings. The van der Waals surface area contributed by atoms with Gasteiger partial charge in [-0.05, 0) is 30.3 Å². The lowest BCUT2D eigenvalue weighted by Gasteiger charge is -2.29. The van der Waals surface area contributed by atoms with Crippen LogP contribution in [0.4, 0.5) is 11.4 Å². The van der Waals surface area contributed by atoms with Gasteiger partial charge in [0.05, 0.1) is 38.0 Å². The number of carbonyl (C=O) groups is 2. The first-order chi connectivity index (χ1) is 14.2. The number of nitrogens with zero attached hydrogens (tertiary/aromatic N) is 2. The van der Waals surface area contributed by atoms with Crippen molar-refractivity contribution in [3.63, 3.8) is 0 Å². The number of amides is 1. The highest BCUT2D eigenvalue weighted by Gasteiger charge is 2.19. The van der Waals surface area contributed by atoms with E-state index in [1.54, 1.807) is 18.2 Å². The number of carbonyl (C=O) groups excluding carboxylic acids is 2. The first-order valence-corrected chi connectivity index (χ1v) is 9.34. The summed E-state index contributed by atoms with van der Waals surface area (Å²) >= 11 is 0. The molecule has 1 N–H and O–H groups in total. The third-order valence-corrected chi connectivity index (χ3v) is 4.84. The Morgan fingerprint density at radius 1 is 1.17 bits per heavy atom. The van der Waals surface area contributed by atoms with Crippen LogP contribution in [0.5, 0.6) is 0 Å². The van der Waals surface area contributed by atoms with E-state index in [1.165, 1.54) is 7.11 Å². The molecule has 2 aromatic carbocycles. The summed E-state index contributed by atoms with van der Waals surface area (Å²) in [7, 11) is 1.32. The minimum atomic E-state index is -0.512. The van der Waals surface area contributed by atoms with Crippen molar-refractivity contribution in [3.05, 3.63) is 53.7 Å². The number of fused-ring (bicyclic) bond motifs is 1. The van der Waals surface area contributed by atoms with Gasteiger partial charge in [-0.1, -0.05) is 17.3 Å². The number of benzene rings is 2. The van der Waals surface area contributed by atoms with Gasteiger partial charge in [-0.2, -0.15) is 0 Å². The number of esters is 1. The molecule has 0 saturated carbocycles. The summed E-state index contributed by atoms with van der Waals surface area (Å²) in [5, 5.41) is 7.56. The summed E-state index contributed by atoms with van der Waals surface area (Å²) in [6.07, 6.45) is 0.0306. The van der Waals surface area contributed by atoms with Gasteiger partial charge in [-0.25, -0.2) is 4.79 Å². The van der Waals surface area contributed by atoms with Crippen molar-refractivity contribution in [3.8, 4) is 0 Å². The van der Waals surface area contributed by atoms with E-state index in [1.807, 2.05) is 24.3 Å². The minimum Gasteiger partial charge on any atom is -0.465 e. The number of morpholine rings is 1. The van der Waals surface area contributed by atoms with Gasteiger partial charge in [0.15, 0.2) is 5.58 Å². The smallest absolute Gasteiger partial charge is 0.340 e. The van der Waals surface area contributed by atoms with E-state index in [2.05, 4.69) is 15.4 Å². The van der Waals surface area contributed by atoms with Crippen LogP contribution >= 0.6 is 0 Å². The molecule has 0 radical (unpaired) electrons. The first kappa shape index (κ1) is 18.9. The van der Waals surface area contributed by atoms with E-state index < -0.39 is 5.97 Å². The summed E-state index contributed by atoms with van der Waals surface area (Å²) in [6, 6.07) is 12.7. The molecule has 0 spiro atoms. The third kappa shape index (κ3) is 4.07. The Balaban J connectivity index is 1.55. The predicted octanol–water partition coefficient (Wildman–Crippen LogP) is 2.63. The van der Waals surface area contributed by atoms with Gasteiger partial charge in [0.2, 0.25) is 5.91 Å². The van der Waals surface area contributed by atoms with Crippen molar-refractivity contribution in [2.75, 3.05) is 43.6 Å². The molecule has 29 heavy (non-hydrogen) atoms. The Bertz CT molecular complexity index is 1040. The Morgan fingerprint density at radius 2 is 1.97 bits per heavy atom. The quantitative estimate of drug-likeness (QED) is 0.664. The van der Waals surface area contributed by atoms with E-state index >= 15 is 0 Å². The van der Waals surface area contributed by atoms with E-state index in [-0.39, 0.29) is 12.3 Å². The molecule has 1 saturated heterocycles. The highest BCUT2D eigenvalue weighted by Crippen LogP contribution is 2.26. The Morgan fingerprint density at radius 3 is 2.76 bits per heavy atom. The van der Waals surface area contributed by atoms with Crippen LogP contribution in [-0.2, 0) is 20.7 Å². The predicted molar refractivity (Wildman–Crippen MR) is 107 cm³/mol. The van der Waals surface area contributed by atoms with Crippen molar-refractivity contribution >= 4 is 34.2 Å². The molecule has 8 heteroatoms. The van der Waals surface area contributed by atoms with Gasteiger partial charge in [0.25, 0.3) is 0 Å². The molecule has 4 rings (SSSR count). The van der Waals surface area contributed by atoms with Gasteiger partial charge >= 0.3 is 5.97 Å². The molecule has 150 valence electrons. The van der Waals surface area contributed by atoms with Crippen LogP contribution in [0.3, 0.4) is 0 Å². The SMILES string of the molecule is COC(=O)c1cc(N2CCOCC2)ccc1NC(=O)Cc1noc2ccccc12. The highest BCUT2D eigenvalue weighted by molar-refractivity contribution is 6.03. The third-order valence-electron chi connectivity index (χ3n) is 4.84. The standard InChI is InChI=1S/C21H21N3O5/c1-27-21(26)16-12-14(24-8-10-28-11-9-24)6-7-17(16)22-20(25)13-18-15-4-2-3-5-19(15)29-23-18/h2-7,12H,8-11,13H2,1H3,(H,22,25). The average molecular weight is 395 g/mol. The number of methoxy groups -OCH3 is 1. The average Bonchev–Trinajstić information content (AvgIpc) is 3.17. The monoisotopic (exact) mass is 395 g/mol. The Kier molecular flexibility index (Phi) is 5.44. The van der Waals surface area contributed by atoms with Crippen LogP contribution in [0.15, 0.2) is 47.0 Å². The second-order valence-corrected chi connectivity index (χ2v) is 6.67. The molecule has 1 amide bonds. The van der Waals surface area contributed by atoms with Crippen LogP contribution in [0.2, 0.25) is 0 Å². The van der Waals surface area contributed by atoms with Gasteiger partial charge < -0.3 is 24.2 Å². The summed E-state index contributed by atoms with van der Waals surface area (Å²) in [6.45, 7) is 2.76. The maximum atomic E-state index is 12.6. The van der Waals surface area contributed by atoms with Crippen molar-refractivity contribution in [1.29, 1.82) is 0 Å². The van der Waals surface area contributed by atoms with Gasteiger partial charge in [0.1, 0.15) is 5.69 Å². The zero-order chi connectivity index (χ0) is 20.2. The van der Waals surface area contributed by atoms with Crippen LogP contribution in [0.1, 0.15) is 16.1 Å². The lowest BCUT2D eigenvalue weighted by molar-refractivity contribution is -0.115. The molecular weight excluding hydrogens is 374 g/mol. The number of anilines is 2. The largest absolute Gasteiger partial charge is 0.465 e. The number of hydrogen-bond donors (Lipinski definition) is 1. The number of aromatic nitrogens is 1. The van der Waals surface area contributed by atoms with Gasteiger partial charge in [-0.3, -0.25) is 4.79 Å². The van der Waals surface area contributed by atoms with Crippen LogP contribution in [0, 0.1) is 0 Å². The number of hydrogen-bond acceptors (Lipinski definition) is 7. The minimum absolute atomic E-state index is 0.0306. The highest BCUT2D eigenvalue weighted by atomic mass is 16.5. The zero-order valence-electron chi connectivity index (χ0n) is 16.0. The van der Waals surface area contributed by atoms with E-state index in [4.69, 9.17) is 14.0 Å². The van der Waals surface area contributed by atoms with Crippen molar-refractivity contribution in [1.82, 2.24) is 5.16 Å². The number of para-hydroxylation sites is 1. The zero-order valence-corrected chi connectivity index (χ0v) is 16.0. The lowest BCUT2D eigenvalue weighted by Crippen LogP contribution is -2.36. The summed E-state index contributed by atoms with van der Waals surface area (Å²) in [5.74, 6) is -0.810. The topological polar surface area (TPSA) is 93.9 Å². The lowest BCUT2D eigenvalue weighted by atomic mass is 10.1. The Labute approximate surface area is 167 Å². The number of nitrogens with one attached hydrogen (secondary N) is 1. The fraction of sp³-hybridized carbons (Fsp3) is 0.286. The number of ether oxygens (including phenoxy) is 2. The van der Waals surface area contributed by atoms with Crippen molar-refractivity contribution < 1.29 is 23.6 Å². The normalized spacial score (nSPS) is 14.0. The van der Waals surface area contributed by atoms with Crippen LogP contribution in [-0.4, -0.2) is 50.4 Å². The van der Waals surface area contributed by atoms with Gasteiger partial charge in [0, 0.05) is 24.2 Å². The summed E-state index contributed by atoms with van der Waals surface area (Å²) < 4.78 is 15.5. The first-order valence-electron chi connectivity index (χ1n) is 9.34. The second kappa shape index (κ2) is 8.32. The van der Waals surface area contributed by atoms with E-state index in [0.717, 1.165) is 24.2 Å². The van der Waals surface area contributed by atoms with Crippen LogP contribution < -0.4 is 10.2 Å². The van der Waals surface area contributed by atoms with Crippen molar-refractivity contribution in [2.24, 2.45) is 0 Å². The molecular formula is C21H21N3O5. The van der Waals surface area contributed by atoms with E-state index in [0.29, 0.717) is 35.7 Å². The molecule has 0 atom stereocenters. The molecule has 0 bridgehead atoms. The number of rotatable bonds is 5. The fourth-order valence-electron chi connectivity index (χ4n) is 3.35. The van der Waals surface area contributed by atoms with E-state index in [9.17, 15) is 9.59 Å². The van der Waals surface area contributed by atoms with Crippen molar-refractivity contribution in [2.45, 2.75) is 6.42 Å². The van der Waals surface area contributed by atoms with Crippen LogP contribution in [0.25, 0.3) is 11.0 Å². The summed E-state index contributed by atoms with van der Waals surface area (Å²) in [5.41, 5.74) is 2.75. The molecule has 1 aliphatic heterocycles. The maximum Gasteiger partial charge on any atom is 0.340 e. The fourth-order valence-corrected chi connectivity index (χ4v) is 3.35. The molecule has 1 fully saturated rings. The molecule has 8 nitrogen and oxygen atoms in total. The maximum absolute atomic E-state index is 12.6. The second-order valence-electron chi connectivity index (χ2n) is 6.67. The molecule has 2 heterocycles. The molecule has 1 aromatic heterocycles. The molecule has 0 aliphatic carbocycles. The molecule has 0 unspecified atom stereocenters. The Hall–Kier alpha value is -3.39. The van der Waals surface area contributed by atoms with Gasteiger partial charge in [-0.15, -0.1) is 0 Å². The molecule has 1 aliphatic rings.